The molecule has 126 valence electrons. The molecular formula is C16H16NO6P. The zero-order valence-electron chi connectivity index (χ0n) is 13.0. The number of nitro groups is 1. The first-order valence-corrected chi connectivity index (χ1v) is 8.64. The van der Waals surface area contributed by atoms with Gasteiger partial charge in [-0.1, -0.05) is 42.5 Å². The summed E-state index contributed by atoms with van der Waals surface area (Å²) in [5, 5.41) is 10.6. The highest BCUT2D eigenvalue weighted by atomic mass is 31.2. The van der Waals surface area contributed by atoms with Crippen LogP contribution in [0.4, 0.5) is 5.69 Å². The van der Waals surface area contributed by atoms with Gasteiger partial charge in [0.05, 0.1) is 11.5 Å². The Balaban J connectivity index is 1.99. The minimum absolute atomic E-state index is 0.0124. The van der Waals surface area contributed by atoms with Gasteiger partial charge in [-0.2, -0.15) is 0 Å². The molecule has 0 aliphatic heterocycles. The lowest BCUT2D eigenvalue weighted by molar-refractivity contribution is -0.384. The number of non-ortho nitro benzene ring substituents is 1. The van der Waals surface area contributed by atoms with Crippen molar-refractivity contribution in [1.82, 2.24) is 0 Å². The number of nitrogens with zero attached hydrogens (tertiary/aromatic N) is 1. The maximum absolute atomic E-state index is 12.5. The van der Waals surface area contributed by atoms with Gasteiger partial charge in [-0.05, 0) is 12.0 Å². The molecule has 24 heavy (non-hydrogen) atoms. The van der Waals surface area contributed by atoms with E-state index >= 15 is 0 Å². The first-order chi connectivity index (χ1) is 11.5. The Bertz CT molecular complexity index is 760. The van der Waals surface area contributed by atoms with E-state index in [-0.39, 0.29) is 17.9 Å². The minimum Gasteiger partial charge on any atom is -0.306 e. The van der Waals surface area contributed by atoms with Gasteiger partial charge in [0.1, 0.15) is 0 Å². The van der Waals surface area contributed by atoms with Gasteiger partial charge in [0.25, 0.3) is 11.2 Å². The largest absolute Gasteiger partial charge is 0.401 e. The third kappa shape index (κ3) is 4.35. The summed E-state index contributed by atoms with van der Waals surface area (Å²) in [6.07, 6.45) is 0.341. The number of benzene rings is 2. The van der Waals surface area contributed by atoms with Crippen LogP contribution in [0.15, 0.2) is 54.6 Å². The predicted molar refractivity (Wildman–Crippen MR) is 88.1 cm³/mol. The Hall–Kier alpha value is -2.34. The monoisotopic (exact) mass is 349 g/mol. The molecule has 0 bridgehead atoms. The maximum Gasteiger partial charge on any atom is 0.401 e. The molecule has 0 fully saturated rings. The zero-order valence-corrected chi connectivity index (χ0v) is 13.8. The molecule has 0 saturated carbocycles. The van der Waals surface area contributed by atoms with Crippen molar-refractivity contribution in [2.24, 2.45) is 0 Å². The molecule has 1 atom stereocenters. The summed E-state index contributed by atoms with van der Waals surface area (Å²) < 4.78 is 22.6. The fourth-order valence-corrected chi connectivity index (χ4v) is 3.19. The summed E-state index contributed by atoms with van der Waals surface area (Å²) in [5.41, 5.74) is 0.296. The van der Waals surface area contributed by atoms with Crippen LogP contribution in [0.5, 0.6) is 0 Å². The molecule has 0 aliphatic carbocycles. The van der Waals surface area contributed by atoms with Gasteiger partial charge < -0.3 is 9.05 Å². The highest BCUT2D eigenvalue weighted by Crippen LogP contribution is 2.50. The Morgan fingerprint density at radius 1 is 1.12 bits per heavy atom. The van der Waals surface area contributed by atoms with Crippen LogP contribution in [0.3, 0.4) is 0 Å². The van der Waals surface area contributed by atoms with Crippen molar-refractivity contribution in [3.8, 4) is 0 Å². The molecule has 0 N–H and O–H groups in total. The van der Waals surface area contributed by atoms with E-state index in [0.29, 0.717) is 6.42 Å². The number of hydrogen-bond donors (Lipinski definition) is 0. The second kappa shape index (κ2) is 7.97. The van der Waals surface area contributed by atoms with Crippen LogP contribution >= 0.6 is 7.60 Å². The highest BCUT2D eigenvalue weighted by Gasteiger charge is 2.34. The van der Waals surface area contributed by atoms with Crippen molar-refractivity contribution in [2.45, 2.75) is 6.42 Å². The fourth-order valence-electron chi connectivity index (χ4n) is 2.00. The van der Waals surface area contributed by atoms with Gasteiger partial charge in [0.15, 0.2) is 0 Å². The molecule has 2 aromatic rings. The fraction of sp³-hybridized carbons (Fsp3) is 0.188. The molecule has 1 unspecified atom stereocenters. The second-order valence-corrected chi connectivity index (χ2v) is 6.88. The molecule has 0 radical (unpaired) electrons. The number of nitro benzene ring substituents is 1. The lowest BCUT2D eigenvalue weighted by atomic mass is 10.1. The van der Waals surface area contributed by atoms with Crippen molar-refractivity contribution in [2.75, 3.05) is 13.7 Å². The summed E-state index contributed by atoms with van der Waals surface area (Å²) in [7, 11) is -2.76. The molecule has 0 aliphatic rings. The molecule has 0 amide bonds. The predicted octanol–water partition coefficient (Wildman–Crippen LogP) is 3.83. The van der Waals surface area contributed by atoms with Crippen LogP contribution in [0.2, 0.25) is 0 Å². The van der Waals surface area contributed by atoms with E-state index in [9.17, 15) is 19.5 Å². The molecule has 0 spiro atoms. The van der Waals surface area contributed by atoms with Crippen molar-refractivity contribution in [1.29, 1.82) is 0 Å². The van der Waals surface area contributed by atoms with Gasteiger partial charge in [-0.25, -0.2) is 0 Å². The first kappa shape index (κ1) is 18.0. The molecule has 0 saturated heterocycles. The van der Waals surface area contributed by atoms with Crippen LogP contribution in [-0.4, -0.2) is 24.2 Å². The van der Waals surface area contributed by atoms with Crippen molar-refractivity contribution < 1.29 is 23.3 Å². The van der Waals surface area contributed by atoms with E-state index < -0.39 is 18.0 Å². The van der Waals surface area contributed by atoms with Gasteiger partial charge in [-0.3, -0.25) is 19.5 Å². The van der Waals surface area contributed by atoms with E-state index in [1.54, 1.807) is 30.3 Å². The van der Waals surface area contributed by atoms with Crippen LogP contribution < -0.4 is 0 Å². The average molecular weight is 349 g/mol. The van der Waals surface area contributed by atoms with Gasteiger partial charge in [-0.15, -0.1) is 0 Å². The van der Waals surface area contributed by atoms with Crippen molar-refractivity contribution in [3.63, 3.8) is 0 Å². The number of rotatable bonds is 8. The van der Waals surface area contributed by atoms with Gasteiger partial charge in [0, 0.05) is 24.8 Å². The van der Waals surface area contributed by atoms with Crippen LogP contribution in [0.25, 0.3) is 0 Å². The van der Waals surface area contributed by atoms with Crippen LogP contribution in [-0.2, 0) is 20.0 Å². The summed E-state index contributed by atoms with van der Waals surface area (Å²) >= 11 is 0. The molecule has 7 nitrogen and oxygen atoms in total. The Kier molecular flexibility index (Phi) is 5.98. The number of carbonyl (C=O) groups excluding carboxylic acids is 1. The number of carbonyl (C=O) groups is 1. The third-order valence-electron chi connectivity index (χ3n) is 3.31. The average Bonchev–Trinajstić information content (AvgIpc) is 2.62. The van der Waals surface area contributed by atoms with Crippen LogP contribution in [0, 0.1) is 10.1 Å². The normalized spacial score (nSPS) is 13.2. The highest BCUT2D eigenvalue weighted by molar-refractivity contribution is 7.72. The van der Waals surface area contributed by atoms with E-state index in [4.69, 9.17) is 9.05 Å². The quantitative estimate of drug-likeness (QED) is 0.408. The Morgan fingerprint density at radius 2 is 1.75 bits per heavy atom. The Morgan fingerprint density at radius 3 is 2.29 bits per heavy atom. The molecule has 8 heteroatoms. The Labute approximate surface area is 138 Å². The molecule has 0 heterocycles. The van der Waals surface area contributed by atoms with E-state index in [2.05, 4.69) is 0 Å². The zero-order chi connectivity index (χ0) is 17.6. The second-order valence-electron chi connectivity index (χ2n) is 4.86. The smallest absolute Gasteiger partial charge is 0.306 e. The SMILES string of the molecule is COP(=O)(OCCc1ccc([N+](=O)[O-])cc1)C(=O)c1ccccc1. The summed E-state index contributed by atoms with van der Waals surface area (Å²) in [6, 6.07) is 14.0. The molecule has 0 aromatic heterocycles. The van der Waals surface area contributed by atoms with Gasteiger partial charge >= 0.3 is 7.60 Å². The molecular weight excluding hydrogens is 333 g/mol. The standard InChI is InChI=1S/C16H16NO6P/c1-22-24(21,16(18)14-5-3-2-4-6-14)23-12-11-13-7-9-15(10-8-13)17(19)20/h2-10H,11-12H2,1H3. The third-order valence-corrected chi connectivity index (χ3v) is 5.07. The van der Waals surface area contributed by atoms with Gasteiger partial charge in [0.2, 0.25) is 0 Å². The van der Waals surface area contributed by atoms with Crippen molar-refractivity contribution in [3.05, 3.63) is 75.8 Å². The summed E-state index contributed by atoms with van der Waals surface area (Å²) in [6.45, 7) is -0.0124. The lowest BCUT2D eigenvalue weighted by Gasteiger charge is -2.15. The molecule has 2 rings (SSSR count). The minimum atomic E-state index is -3.92. The summed E-state index contributed by atoms with van der Waals surface area (Å²) in [5.74, 6) is 0. The van der Waals surface area contributed by atoms with Crippen LogP contribution in [0.1, 0.15) is 15.9 Å². The summed E-state index contributed by atoms with van der Waals surface area (Å²) in [4.78, 5) is 22.4. The maximum atomic E-state index is 12.5. The topological polar surface area (TPSA) is 95.7 Å². The lowest BCUT2D eigenvalue weighted by Crippen LogP contribution is -2.08. The van der Waals surface area contributed by atoms with E-state index in [1.807, 2.05) is 0 Å². The van der Waals surface area contributed by atoms with E-state index in [1.165, 1.54) is 24.3 Å². The van der Waals surface area contributed by atoms with E-state index in [0.717, 1.165) is 12.7 Å². The van der Waals surface area contributed by atoms with Crippen molar-refractivity contribution >= 4 is 18.8 Å². The molecule has 2 aromatic carbocycles. The first-order valence-electron chi connectivity index (χ1n) is 7.10. The number of hydrogen-bond acceptors (Lipinski definition) is 6.